The summed E-state index contributed by atoms with van der Waals surface area (Å²) in [5.41, 5.74) is 4.25. The maximum Gasteiger partial charge on any atom is 0.265 e. The van der Waals surface area contributed by atoms with Gasteiger partial charge in [0.15, 0.2) is 5.11 Å². The Bertz CT molecular complexity index is 1070. The Kier molecular flexibility index (Phi) is 8.45. The van der Waals surface area contributed by atoms with Crippen molar-refractivity contribution in [3.8, 4) is 5.75 Å². The highest BCUT2D eigenvalue weighted by Crippen LogP contribution is 2.25. The van der Waals surface area contributed by atoms with E-state index in [2.05, 4.69) is 24.8 Å². The molecule has 0 atom stereocenters. The number of carbonyl (C=O) groups is 2. The van der Waals surface area contributed by atoms with Crippen molar-refractivity contribution in [3.63, 3.8) is 0 Å². The summed E-state index contributed by atoms with van der Waals surface area (Å²) in [7, 11) is 0. The van der Waals surface area contributed by atoms with Crippen LogP contribution in [-0.4, -0.2) is 59.5 Å². The van der Waals surface area contributed by atoms with Crippen LogP contribution in [0.25, 0.3) is 6.08 Å². The Hall–Kier alpha value is -3.19. The van der Waals surface area contributed by atoms with Crippen LogP contribution in [0.15, 0.2) is 48.0 Å². The number of benzene rings is 2. The molecular weight excluding hydrogens is 446 g/mol. The minimum Gasteiger partial charge on any atom is -0.492 e. The van der Waals surface area contributed by atoms with Crippen molar-refractivity contribution in [1.82, 2.24) is 9.80 Å². The Morgan fingerprint density at radius 2 is 1.56 bits per heavy atom. The van der Waals surface area contributed by atoms with Crippen molar-refractivity contribution in [2.24, 2.45) is 0 Å². The van der Waals surface area contributed by atoms with Gasteiger partial charge in [0, 0.05) is 25.3 Å². The van der Waals surface area contributed by atoms with E-state index in [0.717, 1.165) is 35.7 Å². The molecule has 0 saturated carbocycles. The molecule has 0 unspecified atom stereocenters. The third-order valence-corrected chi connectivity index (χ3v) is 6.44. The summed E-state index contributed by atoms with van der Waals surface area (Å²) in [5.74, 6) is 0.187. The van der Waals surface area contributed by atoms with E-state index in [4.69, 9.17) is 17.0 Å². The molecule has 2 amide bonds. The lowest BCUT2D eigenvalue weighted by Gasteiger charge is -2.35. The quantitative estimate of drug-likeness (QED) is 0.299. The summed E-state index contributed by atoms with van der Waals surface area (Å²) < 4.78 is 5.90. The number of thiocarbonyl (C=S) groups is 1. The van der Waals surface area contributed by atoms with E-state index in [-0.39, 0.29) is 22.5 Å². The molecule has 0 aliphatic carbocycles. The molecule has 1 aliphatic rings. The first-order valence-electron chi connectivity index (χ1n) is 11.7. The van der Waals surface area contributed by atoms with Gasteiger partial charge in [0.1, 0.15) is 17.9 Å². The van der Waals surface area contributed by atoms with Gasteiger partial charge in [-0.3, -0.25) is 19.4 Å². The number of rotatable bonds is 9. The molecule has 0 N–H and O–H groups in total. The maximum absolute atomic E-state index is 12.9. The van der Waals surface area contributed by atoms with Gasteiger partial charge in [-0.25, -0.2) is 0 Å². The summed E-state index contributed by atoms with van der Waals surface area (Å²) in [5, 5.41) is 0.274. The molecule has 3 rings (SSSR count). The lowest BCUT2D eigenvalue weighted by molar-refractivity contribution is -0.133. The van der Waals surface area contributed by atoms with Gasteiger partial charge in [0.25, 0.3) is 11.8 Å². The highest BCUT2D eigenvalue weighted by Gasteiger charge is 2.37. The first kappa shape index (κ1) is 25.4. The average Bonchev–Trinajstić information content (AvgIpc) is 2.82. The number of nitrogens with zero attached hydrogens (tertiary/aromatic N) is 3. The summed E-state index contributed by atoms with van der Waals surface area (Å²) >= 11 is 5.34. The maximum atomic E-state index is 12.9. The summed E-state index contributed by atoms with van der Waals surface area (Å²) in [6, 6.07) is 14.1. The Labute approximate surface area is 207 Å². The van der Waals surface area contributed by atoms with Gasteiger partial charge >= 0.3 is 0 Å². The van der Waals surface area contributed by atoms with Crippen molar-refractivity contribution < 1.29 is 14.3 Å². The van der Waals surface area contributed by atoms with Crippen LogP contribution >= 0.6 is 12.2 Å². The van der Waals surface area contributed by atoms with Crippen molar-refractivity contribution in [2.45, 2.75) is 34.6 Å². The van der Waals surface area contributed by atoms with Gasteiger partial charge in [-0.05, 0) is 88.3 Å². The highest BCUT2D eigenvalue weighted by atomic mass is 32.1. The van der Waals surface area contributed by atoms with Gasteiger partial charge in [0.05, 0.1) is 6.54 Å². The summed E-state index contributed by atoms with van der Waals surface area (Å²) in [6.45, 7) is 12.9. The minimum atomic E-state index is -0.339. The van der Waals surface area contributed by atoms with Crippen molar-refractivity contribution in [3.05, 3.63) is 64.7 Å². The zero-order chi connectivity index (χ0) is 24.8. The second-order valence-electron chi connectivity index (χ2n) is 8.22. The number of hydrogen-bond acceptors (Lipinski definition) is 5. The molecule has 6 nitrogen and oxygen atoms in total. The van der Waals surface area contributed by atoms with Crippen LogP contribution in [0.2, 0.25) is 0 Å². The third kappa shape index (κ3) is 5.47. The molecule has 0 aromatic heterocycles. The van der Waals surface area contributed by atoms with Gasteiger partial charge in [-0.15, -0.1) is 0 Å². The predicted octanol–water partition coefficient (Wildman–Crippen LogP) is 4.59. The molecule has 1 heterocycles. The van der Waals surface area contributed by atoms with Gasteiger partial charge in [0.2, 0.25) is 0 Å². The molecule has 0 radical (unpaired) electrons. The highest BCUT2D eigenvalue weighted by molar-refractivity contribution is 7.80. The Morgan fingerprint density at radius 1 is 0.941 bits per heavy atom. The standard InChI is InChI=1S/C27H33N3O3S/c1-6-28(15-16-33-23-13-9-19(4)10-14-23)22-12-11-21(20(5)17-22)18-24-25(31)29(7-2)27(34)30(8-3)26(24)32/h9-14,17-18H,6-8,15-16H2,1-5H3. The second-order valence-corrected chi connectivity index (χ2v) is 8.59. The molecule has 34 heavy (non-hydrogen) atoms. The lowest BCUT2D eigenvalue weighted by Crippen LogP contribution is -2.55. The molecule has 2 aromatic carbocycles. The van der Waals surface area contributed by atoms with Crippen molar-refractivity contribution in [2.75, 3.05) is 37.7 Å². The van der Waals surface area contributed by atoms with E-state index in [1.165, 1.54) is 15.4 Å². The first-order valence-corrected chi connectivity index (χ1v) is 12.2. The molecule has 0 spiro atoms. The number of amides is 2. The number of carbonyl (C=O) groups excluding carboxylic acids is 2. The Balaban J connectivity index is 1.77. The van der Waals surface area contributed by atoms with Crippen LogP contribution in [-0.2, 0) is 9.59 Å². The van der Waals surface area contributed by atoms with Crippen LogP contribution in [0.5, 0.6) is 5.75 Å². The average molecular weight is 480 g/mol. The zero-order valence-corrected chi connectivity index (χ0v) is 21.4. The van der Waals surface area contributed by atoms with Crippen LogP contribution < -0.4 is 9.64 Å². The minimum absolute atomic E-state index is 0.145. The number of ether oxygens (including phenoxy) is 1. The number of hydrogen-bond donors (Lipinski definition) is 0. The fourth-order valence-corrected chi connectivity index (χ4v) is 4.36. The Morgan fingerprint density at radius 3 is 2.09 bits per heavy atom. The van der Waals surface area contributed by atoms with E-state index >= 15 is 0 Å². The first-order chi connectivity index (χ1) is 16.3. The number of likely N-dealkylation sites (N-methyl/N-ethyl adjacent to an activating group) is 3. The topological polar surface area (TPSA) is 53.1 Å². The van der Waals surface area contributed by atoms with Gasteiger partial charge in [-0.1, -0.05) is 23.8 Å². The van der Waals surface area contributed by atoms with Crippen molar-refractivity contribution in [1.29, 1.82) is 0 Å². The van der Waals surface area contributed by atoms with E-state index < -0.39 is 0 Å². The normalized spacial score (nSPS) is 14.0. The second kappa shape index (κ2) is 11.3. The van der Waals surface area contributed by atoms with Gasteiger partial charge < -0.3 is 9.64 Å². The summed E-state index contributed by atoms with van der Waals surface area (Å²) in [6.07, 6.45) is 1.69. The number of aryl methyl sites for hydroxylation is 2. The van der Waals surface area contributed by atoms with E-state index in [0.29, 0.717) is 19.7 Å². The molecule has 2 aromatic rings. The third-order valence-electron chi connectivity index (χ3n) is 6.00. The molecule has 0 bridgehead atoms. The predicted molar refractivity (Wildman–Crippen MR) is 141 cm³/mol. The fourth-order valence-electron chi connectivity index (χ4n) is 3.93. The van der Waals surface area contributed by atoms with E-state index in [1.54, 1.807) is 6.08 Å². The lowest BCUT2D eigenvalue weighted by atomic mass is 10.0. The van der Waals surface area contributed by atoms with Crippen LogP contribution in [0, 0.1) is 13.8 Å². The molecule has 1 saturated heterocycles. The molecular formula is C27H33N3O3S. The van der Waals surface area contributed by atoms with E-state index in [9.17, 15) is 9.59 Å². The van der Waals surface area contributed by atoms with Crippen molar-refractivity contribution >= 4 is 40.9 Å². The molecule has 180 valence electrons. The zero-order valence-electron chi connectivity index (χ0n) is 20.6. The fraction of sp³-hybridized carbons (Fsp3) is 0.370. The smallest absolute Gasteiger partial charge is 0.265 e. The SMILES string of the molecule is CCN1C(=O)C(=Cc2ccc(N(CC)CCOc3ccc(C)cc3)cc2C)C(=O)N(CC)C1=S. The summed E-state index contributed by atoms with van der Waals surface area (Å²) in [4.78, 5) is 31.1. The molecule has 7 heteroatoms. The van der Waals surface area contributed by atoms with E-state index in [1.807, 2.05) is 57.2 Å². The van der Waals surface area contributed by atoms with Gasteiger partial charge in [-0.2, -0.15) is 0 Å². The van der Waals surface area contributed by atoms with Crippen LogP contribution in [0.4, 0.5) is 5.69 Å². The largest absolute Gasteiger partial charge is 0.492 e. The monoisotopic (exact) mass is 479 g/mol. The van der Waals surface area contributed by atoms with Crippen LogP contribution in [0.1, 0.15) is 37.5 Å². The number of anilines is 1. The molecule has 1 aliphatic heterocycles. The molecule has 1 fully saturated rings. The van der Waals surface area contributed by atoms with Crippen LogP contribution in [0.3, 0.4) is 0 Å².